The van der Waals surface area contributed by atoms with Gasteiger partial charge < -0.3 is 39.4 Å². The van der Waals surface area contributed by atoms with Crippen molar-refractivity contribution >= 4 is 11.9 Å². The second-order valence-electron chi connectivity index (χ2n) is 14.5. The summed E-state index contributed by atoms with van der Waals surface area (Å²) in [6, 6.07) is 0. The van der Waals surface area contributed by atoms with Crippen molar-refractivity contribution in [1.29, 1.82) is 0 Å². The van der Waals surface area contributed by atoms with Gasteiger partial charge in [0.1, 0.15) is 31.0 Å². The van der Waals surface area contributed by atoms with Gasteiger partial charge in [-0.15, -0.1) is 0 Å². The highest BCUT2D eigenvalue weighted by atomic mass is 16.7. The summed E-state index contributed by atoms with van der Waals surface area (Å²) in [5, 5.41) is 39.9. The molecule has 2 unspecified atom stereocenters. The molecule has 10 heteroatoms. The molecule has 0 aromatic heterocycles. The van der Waals surface area contributed by atoms with Crippen LogP contribution < -0.4 is 0 Å². The summed E-state index contributed by atoms with van der Waals surface area (Å²) in [6.45, 7) is 3.41. The van der Waals surface area contributed by atoms with Gasteiger partial charge in [-0.2, -0.15) is 0 Å². The molecule has 0 bridgehead atoms. The number of unbranched alkanes of at least 4 members (excludes halogenated alkanes) is 23. The van der Waals surface area contributed by atoms with E-state index in [0.717, 1.165) is 38.5 Å². The van der Waals surface area contributed by atoms with Gasteiger partial charge in [0.15, 0.2) is 12.4 Å². The van der Waals surface area contributed by atoms with Gasteiger partial charge in [-0.1, -0.05) is 162 Å². The fourth-order valence-electron chi connectivity index (χ4n) is 6.42. The molecule has 1 heterocycles. The third-order valence-corrected chi connectivity index (χ3v) is 9.74. The molecule has 1 rings (SSSR count). The molecule has 10 nitrogen and oxygen atoms in total. The van der Waals surface area contributed by atoms with Crippen LogP contribution in [0.2, 0.25) is 0 Å². The molecule has 0 saturated carbocycles. The molecule has 50 heavy (non-hydrogen) atoms. The van der Waals surface area contributed by atoms with Gasteiger partial charge in [-0.25, -0.2) is 0 Å². The lowest BCUT2D eigenvalue weighted by atomic mass is 9.99. The first kappa shape index (κ1) is 46.7. The smallest absolute Gasteiger partial charge is 0.306 e. The van der Waals surface area contributed by atoms with Crippen LogP contribution in [0, 0.1) is 0 Å². The van der Waals surface area contributed by atoms with Crippen molar-refractivity contribution in [3.05, 3.63) is 0 Å². The average molecular weight is 717 g/mol. The maximum atomic E-state index is 12.6. The summed E-state index contributed by atoms with van der Waals surface area (Å²) in [6.07, 6.45) is 22.6. The Balaban J connectivity index is 2.32. The van der Waals surface area contributed by atoms with Crippen LogP contribution in [0.3, 0.4) is 0 Å². The summed E-state index contributed by atoms with van der Waals surface area (Å²) in [4.78, 5) is 25.1. The first-order valence-electron chi connectivity index (χ1n) is 20.6. The number of hydrogen-bond acceptors (Lipinski definition) is 10. The highest BCUT2D eigenvalue weighted by molar-refractivity contribution is 5.70. The fourth-order valence-corrected chi connectivity index (χ4v) is 6.42. The quantitative estimate of drug-likeness (QED) is 0.0383. The molecule has 6 atom stereocenters. The number of carbonyl (C=O) groups is 2. The van der Waals surface area contributed by atoms with Crippen molar-refractivity contribution in [2.45, 2.75) is 224 Å². The number of rotatable bonds is 34. The van der Waals surface area contributed by atoms with Gasteiger partial charge in [0.2, 0.25) is 0 Å². The summed E-state index contributed by atoms with van der Waals surface area (Å²) in [7, 11) is 0. The van der Waals surface area contributed by atoms with Crippen molar-refractivity contribution in [2.75, 3.05) is 19.8 Å². The summed E-state index contributed by atoms with van der Waals surface area (Å²) in [5.41, 5.74) is 0. The van der Waals surface area contributed by atoms with Crippen molar-refractivity contribution in [1.82, 2.24) is 0 Å². The van der Waals surface area contributed by atoms with Gasteiger partial charge >= 0.3 is 11.9 Å². The first-order valence-corrected chi connectivity index (χ1v) is 20.6. The van der Waals surface area contributed by atoms with Gasteiger partial charge in [0, 0.05) is 12.8 Å². The maximum Gasteiger partial charge on any atom is 0.306 e. The monoisotopic (exact) mass is 717 g/mol. The van der Waals surface area contributed by atoms with Crippen LogP contribution in [0.1, 0.15) is 187 Å². The number of aliphatic hydroxyl groups excluding tert-OH is 4. The van der Waals surface area contributed by atoms with E-state index >= 15 is 0 Å². The molecule has 0 spiro atoms. The molecule has 1 fully saturated rings. The van der Waals surface area contributed by atoms with E-state index < -0.39 is 49.4 Å². The van der Waals surface area contributed by atoms with E-state index in [1.807, 2.05) is 0 Å². The molecule has 1 saturated heterocycles. The molecular weight excluding hydrogens is 640 g/mol. The highest BCUT2D eigenvalue weighted by Gasteiger charge is 2.44. The zero-order valence-corrected chi connectivity index (χ0v) is 31.9. The molecule has 1 aliphatic heterocycles. The number of aliphatic hydroxyl groups is 4. The van der Waals surface area contributed by atoms with Crippen LogP contribution in [0.4, 0.5) is 0 Å². The molecule has 296 valence electrons. The number of ether oxygens (including phenoxy) is 4. The Morgan fingerprint density at radius 2 is 0.940 bits per heavy atom. The van der Waals surface area contributed by atoms with Crippen molar-refractivity contribution in [3.8, 4) is 0 Å². The van der Waals surface area contributed by atoms with Crippen LogP contribution in [0.5, 0.6) is 0 Å². The maximum absolute atomic E-state index is 12.6. The standard InChI is InChI=1S/C40H76O10/c1-3-5-7-9-11-13-14-15-16-17-18-19-21-22-24-26-28-35(42)47-31-33(32-48-40-39(46)38(45)37(44)34(30-41)50-40)49-36(43)29-27-25-23-20-12-10-8-6-4-2/h33-34,37-41,44-46H,3-32H2,1-2H3/t33-,34-,37+,38?,39?,40-/m0/s1. The minimum atomic E-state index is -1.59. The molecular formula is C40H76O10. The van der Waals surface area contributed by atoms with E-state index in [0.29, 0.717) is 6.42 Å². The topological polar surface area (TPSA) is 152 Å². The summed E-state index contributed by atoms with van der Waals surface area (Å²) in [5.74, 6) is -0.799. The Morgan fingerprint density at radius 3 is 1.36 bits per heavy atom. The summed E-state index contributed by atoms with van der Waals surface area (Å²) < 4.78 is 22.1. The number of esters is 2. The third-order valence-electron chi connectivity index (χ3n) is 9.74. The Bertz CT molecular complexity index is 794. The van der Waals surface area contributed by atoms with Crippen LogP contribution in [0.15, 0.2) is 0 Å². The molecule has 0 aromatic carbocycles. The van der Waals surface area contributed by atoms with Crippen LogP contribution >= 0.6 is 0 Å². The Labute approximate surface area is 304 Å². The zero-order chi connectivity index (χ0) is 36.7. The first-order chi connectivity index (χ1) is 24.3. The van der Waals surface area contributed by atoms with Crippen LogP contribution in [0.25, 0.3) is 0 Å². The lowest BCUT2D eigenvalue weighted by Gasteiger charge is -2.39. The molecule has 0 amide bonds. The van der Waals surface area contributed by atoms with E-state index in [2.05, 4.69) is 13.8 Å². The zero-order valence-electron chi connectivity index (χ0n) is 31.9. The van der Waals surface area contributed by atoms with Crippen molar-refractivity contribution in [2.24, 2.45) is 0 Å². The van der Waals surface area contributed by atoms with Crippen molar-refractivity contribution in [3.63, 3.8) is 0 Å². The van der Waals surface area contributed by atoms with E-state index in [4.69, 9.17) is 18.9 Å². The van der Waals surface area contributed by atoms with Crippen LogP contribution in [-0.4, -0.2) is 89.0 Å². The predicted octanol–water partition coefficient (Wildman–Crippen LogP) is 7.83. The predicted molar refractivity (Wildman–Crippen MR) is 197 cm³/mol. The number of carbonyl (C=O) groups excluding carboxylic acids is 2. The van der Waals surface area contributed by atoms with E-state index in [1.54, 1.807) is 0 Å². The Morgan fingerprint density at radius 1 is 0.540 bits per heavy atom. The number of hydrogen-bond donors (Lipinski definition) is 4. The lowest BCUT2D eigenvalue weighted by Crippen LogP contribution is -2.59. The normalized spacial score (nSPS) is 21.3. The average Bonchev–Trinajstić information content (AvgIpc) is 3.11. The Kier molecular flexibility index (Phi) is 30.2. The van der Waals surface area contributed by atoms with Gasteiger partial charge in [-0.05, 0) is 12.8 Å². The minimum absolute atomic E-state index is 0.210. The van der Waals surface area contributed by atoms with Crippen LogP contribution in [-0.2, 0) is 28.5 Å². The Hall–Kier alpha value is -1.30. The molecule has 1 aliphatic rings. The minimum Gasteiger partial charge on any atom is -0.462 e. The molecule has 0 radical (unpaired) electrons. The molecule has 0 aromatic rings. The second kappa shape index (κ2) is 32.4. The second-order valence-corrected chi connectivity index (χ2v) is 14.5. The van der Waals surface area contributed by atoms with Crippen molar-refractivity contribution < 1.29 is 49.0 Å². The van der Waals surface area contributed by atoms with E-state index in [1.165, 1.54) is 116 Å². The van der Waals surface area contributed by atoms with Gasteiger partial charge in [0.25, 0.3) is 0 Å². The SMILES string of the molecule is CCCCCCCCCCCCCCCCCCC(=O)OC[C@@H](CO[C@H]1O[C@@H](CO)[C@@H](O)C(O)C1O)OC(=O)CCCCCCCCCCC. The molecule has 4 N–H and O–H groups in total. The lowest BCUT2D eigenvalue weighted by molar-refractivity contribution is -0.305. The third kappa shape index (κ3) is 24.0. The summed E-state index contributed by atoms with van der Waals surface area (Å²) >= 11 is 0. The van der Waals surface area contributed by atoms with E-state index in [9.17, 15) is 30.0 Å². The van der Waals surface area contributed by atoms with Gasteiger partial charge in [-0.3, -0.25) is 9.59 Å². The van der Waals surface area contributed by atoms with Gasteiger partial charge in [0.05, 0.1) is 13.2 Å². The van der Waals surface area contributed by atoms with E-state index in [-0.39, 0.29) is 32.0 Å². The highest BCUT2D eigenvalue weighted by Crippen LogP contribution is 2.23. The largest absolute Gasteiger partial charge is 0.462 e. The fraction of sp³-hybridized carbons (Fsp3) is 0.950. The molecule has 0 aliphatic carbocycles.